The van der Waals surface area contributed by atoms with Crippen LogP contribution in [0.15, 0.2) is 29.3 Å². The summed E-state index contributed by atoms with van der Waals surface area (Å²) in [5.41, 5.74) is 2.41. The molecule has 2 bridgehead atoms. The van der Waals surface area contributed by atoms with Gasteiger partial charge in [0.2, 0.25) is 0 Å². The van der Waals surface area contributed by atoms with Gasteiger partial charge in [-0.1, -0.05) is 12.2 Å². The minimum atomic E-state index is 0.0775. The minimum absolute atomic E-state index is 0.0775. The Morgan fingerprint density at radius 2 is 2.13 bits per heavy atom. The molecule has 5 heteroatoms. The molecule has 0 saturated heterocycles. The summed E-state index contributed by atoms with van der Waals surface area (Å²) in [6.07, 6.45) is 6.41. The number of hydrogen-bond acceptors (Lipinski definition) is 5. The van der Waals surface area contributed by atoms with E-state index in [1.165, 1.54) is 12.7 Å². The van der Waals surface area contributed by atoms with Crippen molar-refractivity contribution in [3.8, 4) is 11.5 Å². The number of aliphatic imine (C=N–C) groups is 1. The number of rotatable bonds is 2. The summed E-state index contributed by atoms with van der Waals surface area (Å²) in [6, 6.07) is 3.34. The molecule has 1 heterocycles. The standard InChI is InChI=1S/C18H22N2O3/c1-11-5-12-3-4-16(21)14-8-17(22-2)18(23-19)9-15(14)20-10-13(6-11)7-12/h8-10,12-13H,1,3-7,19H2,2H3/b20-10-/t12?,13-/m1/s1. The molecule has 0 radical (unpaired) electrons. The van der Waals surface area contributed by atoms with E-state index in [1.54, 1.807) is 12.1 Å². The van der Waals surface area contributed by atoms with E-state index in [-0.39, 0.29) is 5.78 Å². The van der Waals surface area contributed by atoms with Crippen molar-refractivity contribution in [3.05, 3.63) is 29.8 Å². The molecule has 2 aliphatic rings. The number of ether oxygens (including phenoxy) is 1. The predicted molar refractivity (Wildman–Crippen MR) is 89.5 cm³/mol. The highest BCUT2D eigenvalue weighted by Crippen LogP contribution is 2.39. The van der Waals surface area contributed by atoms with E-state index in [4.69, 9.17) is 15.5 Å². The summed E-state index contributed by atoms with van der Waals surface area (Å²) in [4.78, 5) is 22.0. The lowest BCUT2D eigenvalue weighted by molar-refractivity contribution is 0.0971. The van der Waals surface area contributed by atoms with E-state index in [2.05, 4.69) is 11.6 Å². The topological polar surface area (TPSA) is 73.9 Å². The summed E-state index contributed by atoms with van der Waals surface area (Å²) in [6.45, 7) is 4.14. The first-order chi connectivity index (χ1) is 11.1. The molecule has 23 heavy (non-hydrogen) atoms. The van der Waals surface area contributed by atoms with Gasteiger partial charge in [0.25, 0.3) is 0 Å². The van der Waals surface area contributed by atoms with Crippen LogP contribution >= 0.6 is 0 Å². The molecule has 122 valence electrons. The lowest BCUT2D eigenvalue weighted by Crippen LogP contribution is -2.20. The predicted octanol–water partition coefficient (Wildman–Crippen LogP) is 3.60. The van der Waals surface area contributed by atoms with Crippen LogP contribution in [-0.2, 0) is 0 Å². The van der Waals surface area contributed by atoms with Crippen molar-refractivity contribution in [2.75, 3.05) is 7.11 Å². The summed E-state index contributed by atoms with van der Waals surface area (Å²) < 4.78 is 5.25. The second kappa shape index (κ2) is 6.54. The van der Waals surface area contributed by atoms with Crippen molar-refractivity contribution in [1.82, 2.24) is 0 Å². The number of carbonyl (C=O) groups is 1. The Bertz CT molecular complexity index is 666. The van der Waals surface area contributed by atoms with Crippen molar-refractivity contribution in [2.45, 2.75) is 32.1 Å². The van der Waals surface area contributed by atoms with Crippen LogP contribution in [-0.4, -0.2) is 19.1 Å². The average molecular weight is 314 g/mol. The molecule has 1 aromatic rings. The second-order valence-corrected chi connectivity index (χ2v) is 6.40. The highest BCUT2D eigenvalue weighted by atomic mass is 16.6. The molecule has 0 aromatic heterocycles. The Morgan fingerprint density at radius 1 is 1.30 bits per heavy atom. The molecule has 3 rings (SSSR count). The maximum Gasteiger partial charge on any atom is 0.190 e. The fraction of sp³-hybridized carbons (Fsp3) is 0.444. The number of hydrogen-bond donors (Lipinski definition) is 1. The first kappa shape index (κ1) is 15.7. The summed E-state index contributed by atoms with van der Waals surface area (Å²) in [5.74, 6) is 7.09. The molecule has 1 saturated carbocycles. The van der Waals surface area contributed by atoms with Gasteiger partial charge in [-0.3, -0.25) is 9.79 Å². The van der Waals surface area contributed by atoms with Crippen LogP contribution in [0.2, 0.25) is 0 Å². The van der Waals surface area contributed by atoms with Crippen molar-refractivity contribution in [3.63, 3.8) is 0 Å². The lowest BCUT2D eigenvalue weighted by atomic mass is 9.77. The quantitative estimate of drug-likeness (QED) is 0.668. The molecule has 1 fully saturated rings. The molecule has 2 N–H and O–H groups in total. The van der Waals surface area contributed by atoms with E-state index in [1.807, 2.05) is 6.21 Å². The van der Waals surface area contributed by atoms with Gasteiger partial charge in [0.1, 0.15) is 0 Å². The van der Waals surface area contributed by atoms with Gasteiger partial charge >= 0.3 is 0 Å². The number of ketones is 1. The smallest absolute Gasteiger partial charge is 0.190 e. The summed E-state index contributed by atoms with van der Waals surface area (Å²) in [5, 5.41) is 0. The fourth-order valence-corrected chi connectivity index (χ4v) is 3.58. The van der Waals surface area contributed by atoms with Gasteiger partial charge in [-0.15, -0.1) is 0 Å². The second-order valence-electron chi connectivity index (χ2n) is 6.40. The van der Waals surface area contributed by atoms with E-state index in [0.29, 0.717) is 41.0 Å². The number of nitrogens with two attached hydrogens (primary N) is 1. The van der Waals surface area contributed by atoms with Gasteiger partial charge in [0.05, 0.1) is 12.8 Å². The number of carbonyl (C=O) groups excluding carboxylic acids is 1. The van der Waals surface area contributed by atoms with Crippen LogP contribution in [0.3, 0.4) is 0 Å². The number of benzene rings is 1. The zero-order valence-electron chi connectivity index (χ0n) is 13.4. The Kier molecular flexibility index (Phi) is 4.48. The van der Waals surface area contributed by atoms with Crippen molar-refractivity contribution < 1.29 is 14.4 Å². The van der Waals surface area contributed by atoms with Gasteiger partial charge in [0.15, 0.2) is 17.3 Å². The number of fused-ring (bicyclic) bond motifs is 3. The molecule has 1 aliphatic carbocycles. The Hall–Kier alpha value is -2.14. The molecule has 0 amide bonds. The van der Waals surface area contributed by atoms with Gasteiger partial charge in [-0.05, 0) is 43.6 Å². The Labute approximate surface area is 136 Å². The molecule has 1 aliphatic heterocycles. The Balaban J connectivity index is 2.03. The third-order valence-corrected chi connectivity index (χ3v) is 4.68. The van der Waals surface area contributed by atoms with Crippen LogP contribution in [0.1, 0.15) is 42.5 Å². The van der Waals surface area contributed by atoms with Gasteiger partial charge in [-0.25, -0.2) is 0 Å². The highest BCUT2D eigenvalue weighted by molar-refractivity contribution is 6.02. The third kappa shape index (κ3) is 3.29. The monoisotopic (exact) mass is 314 g/mol. The number of nitrogens with zero attached hydrogens (tertiary/aromatic N) is 1. The van der Waals surface area contributed by atoms with E-state index < -0.39 is 0 Å². The number of methoxy groups -OCH3 is 1. The minimum Gasteiger partial charge on any atom is -0.493 e. The molecule has 1 aromatic carbocycles. The van der Waals surface area contributed by atoms with Gasteiger partial charge < -0.3 is 9.57 Å². The molecule has 0 spiro atoms. The van der Waals surface area contributed by atoms with Crippen molar-refractivity contribution in [2.24, 2.45) is 22.7 Å². The van der Waals surface area contributed by atoms with Gasteiger partial charge in [-0.2, -0.15) is 5.90 Å². The third-order valence-electron chi connectivity index (χ3n) is 4.68. The van der Waals surface area contributed by atoms with Crippen molar-refractivity contribution in [1.29, 1.82) is 0 Å². The molecular weight excluding hydrogens is 292 g/mol. The van der Waals surface area contributed by atoms with Crippen LogP contribution in [0.4, 0.5) is 5.69 Å². The van der Waals surface area contributed by atoms with Crippen LogP contribution in [0.25, 0.3) is 0 Å². The van der Waals surface area contributed by atoms with E-state index in [9.17, 15) is 4.79 Å². The van der Waals surface area contributed by atoms with Crippen LogP contribution in [0, 0.1) is 11.8 Å². The van der Waals surface area contributed by atoms with Crippen molar-refractivity contribution >= 4 is 17.7 Å². The summed E-state index contributed by atoms with van der Waals surface area (Å²) >= 11 is 0. The van der Waals surface area contributed by atoms with Gasteiger partial charge in [0, 0.05) is 24.3 Å². The Morgan fingerprint density at radius 3 is 2.87 bits per heavy atom. The maximum absolute atomic E-state index is 12.6. The zero-order chi connectivity index (χ0) is 16.4. The number of Topliss-reactive ketones (excluding diaryl/α,β-unsaturated/α-hetero) is 1. The first-order valence-corrected chi connectivity index (χ1v) is 7.93. The average Bonchev–Trinajstić information content (AvgIpc) is 2.56. The normalized spacial score (nSPS) is 25.5. The van der Waals surface area contributed by atoms with E-state index >= 15 is 0 Å². The van der Waals surface area contributed by atoms with Crippen LogP contribution < -0.4 is 15.5 Å². The maximum atomic E-state index is 12.6. The largest absolute Gasteiger partial charge is 0.493 e. The van der Waals surface area contributed by atoms with Crippen LogP contribution in [0.5, 0.6) is 11.5 Å². The first-order valence-electron chi connectivity index (χ1n) is 7.93. The number of allylic oxidation sites excluding steroid dienone is 1. The fourth-order valence-electron chi connectivity index (χ4n) is 3.58. The molecular formula is C18H22N2O3. The highest BCUT2D eigenvalue weighted by Gasteiger charge is 2.26. The molecule has 1 unspecified atom stereocenters. The molecule has 5 nitrogen and oxygen atoms in total. The van der Waals surface area contributed by atoms with E-state index in [0.717, 1.165) is 25.7 Å². The molecule has 2 atom stereocenters. The lowest BCUT2D eigenvalue weighted by Gasteiger charge is -2.29. The zero-order valence-corrected chi connectivity index (χ0v) is 13.4. The SMILES string of the molecule is C=C1CC2CCC(=O)c3cc(OC)c(ON)cc3/N=C\[C@H](C1)C2. The summed E-state index contributed by atoms with van der Waals surface area (Å²) in [7, 11) is 1.52.